The molecule has 3 heteroatoms. The summed E-state index contributed by atoms with van der Waals surface area (Å²) in [7, 11) is 0. The number of nitrogens with zero attached hydrogens (tertiary/aromatic N) is 1. The second-order valence-corrected chi connectivity index (χ2v) is 5.77. The molecule has 0 N–H and O–H groups in total. The molecule has 0 fully saturated rings. The van der Waals surface area contributed by atoms with E-state index in [9.17, 15) is 0 Å². The van der Waals surface area contributed by atoms with Crippen LogP contribution in [0.4, 0.5) is 0 Å². The third-order valence-corrected chi connectivity index (χ3v) is 3.60. The lowest BCUT2D eigenvalue weighted by molar-refractivity contribution is -0.697. The lowest BCUT2D eigenvalue weighted by atomic mass is 10.1. The van der Waals surface area contributed by atoms with Gasteiger partial charge in [0.25, 0.3) is 0 Å². The van der Waals surface area contributed by atoms with E-state index in [0.29, 0.717) is 0 Å². The van der Waals surface area contributed by atoms with E-state index in [4.69, 9.17) is 9.90 Å². The Morgan fingerprint density at radius 2 is 1.59 bits per heavy atom. The molecule has 0 atom stereocenters. The number of pyridine rings is 1. The first-order valence-corrected chi connectivity index (χ1v) is 8.75. The standard InChI is InChI=1S/C17H30N.C2H4O2/c1-3-5-6-7-8-9-10-11-14-18-15-12-13-17(4-2)16-18;1-2(3)4/h12-13,15-16H,3-11,14H2,1-2H3;1H3,(H,3,4)/q+1;/p-1. The molecule has 0 spiro atoms. The molecule has 1 aromatic rings. The van der Waals surface area contributed by atoms with E-state index in [1.165, 1.54) is 63.5 Å². The minimum atomic E-state index is -1.08. The zero-order valence-electron chi connectivity index (χ0n) is 14.6. The van der Waals surface area contributed by atoms with Crippen LogP contribution in [-0.4, -0.2) is 5.97 Å². The van der Waals surface area contributed by atoms with Crippen LogP contribution in [0, 0.1) is 0 Å². The van der Waals surface area contributed by atoms with Gasteiger partial charge in [-0.1, -0.05) is 52.4 Å². The molecule has 0 saturated heterocycles. The number of carboxylic acid groups (broad SMARTS) is 1. The van der Waals surface area contributed by atoms with Crippen molar-refractivity contribution in [1.82, 2.24) is 0 Å². The van der Waals surface area contributed by atoms with Crippen molar-refractivity contribution in [2.24, 2.45) is 0 Å². The topological polar surface area (TPSA) is 44.0 Å². The van der Waals surface area contributed by atoms with E-state index in [1.807, 2.05) is 0 Å². The third-order valence-electron chi connectivity index (χ3n) is 3.60. The number of aromatic nitrogens is 1. The summed E-state index contributed by atoms with van der Waals surface area (Å²) in [6.07, 6.45) is 16.8. The lowest BCUT2D eigenvalue weighted by Gasteiger charge is -2.01. The molecule has 126 valence electrons. The van der Waals surface area contributed by atoms with Gasteiger partial charge in [0, 0.05) is 24.0 Å². The minimum absolute atomic E-state index is 0.972. The Morgan fingerprint density at radius 1 is 1.05 bits per heavy atom. The summed E-state index contributed by atoms with van der Waals surface area (Å²) < 4.78 is 2.34. The highest BCUT2D eigenvalue weighted by Crippen LogP contribution is 2.08. The van der Waals surface area contributed by atoms with Gasteiger partial charge in [-0.05, 0) is 25.8 Å². The summed E-state index contributed by atoms with van der Waals surface area (Å²) in [5, 5.41) is 8.89. The number of rotatable bonds is 10. The molecule has 3 nitrogen and oxygen atoms in total. The van der Waals surface area contributed by atoms with Gasteiger partial charge in [-0.15, -0.1) is 0 Å². The van der Waals surface area contributed by atoms with Gasteiger partial charge in [-0.25, -0.2) is 4.57 Å². The van der Waals surface area contributed by atoms with E-state index < -0.39 is 5.97 Å². The fourth-order valence-corrected chi connectivity index (χ4v) is 2.35. The van der Waals surface area contributed by atoms with Crippen LogP contribution in [0.25, 0.3) is 0 Å². The Bertz CT molecular complexity index is 387. The summed E-state index contributed by atoms with van der Waals surface area (Å²) in [6.45, 7) is 6.65. The predicted molar refractivity (Wildman–Crippen MR) is 89.3 cm³/mol. The maximum absolute atomic E-state index is 8.89. The van der Waals surface area contributed by atoms with E-state index in [-0.39, 0.29) is 0 Å². The van der Waals surface area contributed by atoms with Crippen molar-refractivity contribution in [3.63, 3.8) is 0 Å². The van der Waals surface area contributed by atoms with Crippen molar-refractivity contribution in [3.05, 3.63) is 30.1 Å². The monoisotopic (exact) mass is 307 g/mol. The number of unbranched alkanes of at least 4 members (excludes halogenated alkanes) is 7. The molecule has 0 amide bonds. The van der Waals surface area contributed by atoms with Crippen molar-refractivity contribution in [3.8, 4) is 0 Å². The minimum Gasteiger partial charge on any atom is -0.550 e. The highest BCUT2D eigenvalue weighted by Gasteiger charge is 2.01. The predicted octanol–water partition coefficient (Wildman–Crippen LogP) is 3.43. The van der Waals surface area contributed by atoms with E-state index in [2.05, 4.69) is 42.9 Å². The van der Waals surface area contributed by atoms with Gasteiger partial charge in [-0.3, -0.25) is 0 Å². The van der Waals surface area contributed by atoms with E-state index in [1.54, 1.807) is 0 Å². The molecule has 1 rings (SSSR count). The van der Waals surface area contributed by atoms with E-state index in [0.717, 1.165) is 13.3 Å². The Labute approximate surface area is 136 Å². The Kier molecular flexibility index (Phi) is 13.6. The Hall–Kier alpha value is -1.38. The van der Waals surface area contributed by atoms with Gasteiger partial charge in [0.15, 0.2) is 12.4 Å². The van der Waals surface area contributed by atoms with Crippen LogP contribution in [0.1, 0.15) is 77.7 Å². The Morgan fingerprint density at radius 3 is 2.14 bits per heavy atom. The third kappa shape index (κ3) is 13.6. The van der Waals surface area contributed by atoms with Gasteiger partial charge in [-0.2, -0.15) is 0 Å². The first-order chi connectivity index (χ1) is 10.6. The van der Waals surface area contributed by atoms with E-state index >= 15 is 0 Å². The quantitative estimate of drug-likeness (QED) is 0.491. The molecule has 0 radical (unpaired) electrons. The van der Waals surface area contributed by atoms with Crippen LogP contribution in [0.5, 0.6) is 0 Å². The van der Waals surface area contributed by atoms with Crippen molar-refractivity contribution >= 4 is 5.97 Å². The number of carbonyl (C=O) groups excluding carboxylic acids is 1. The van der Waals surface area contributed by atoms with Crippen LogP contribution < -0.4 is 9.67 Å². The average molecular weight is 307 g/mol. The van der Waals surface area contributed by atoms with Gasteiger partial charge in [0.1, 0.15) is 6.54 Å². The molecule has 0 aliphatic heterocycles. The lowest BCUT2D eigenvalue weighted by Crippen LogP contribution is -2.33. The van der Waals surface area contributed by atoms with Crippen molar-refractivity contribution < 1.29 is 14.5 Å². The maximum Gasteiger partial charge on any atom is 0.171 e. The fraction of sp³-hybridized carbons (Fsp3) is 0.684. The molecule has 0 unspecified atom stereocenters. The molecular formula is C19H33NO2. The number of carboxylic acids is 1. The Balaban J connectivity index is 0.000000980. The second kappa shape index (κ2) is 14.6. The van der Waals surface area contributed by atoms with Crippen LogP contribution >= 0.6 is 0 Å². The number of aliphatic carboxylic acids is 1. The number of aryl methyl sites for hydroxylation is 2. The number of hydrogen-bond donors (Lipinski definition) is 0. The van der Waals surface area contributed by atoms with Crippen molar-refractivity contribution in [2.75, 3.05) is 0 Å². The average Bonchev–Trinajstić information content (AvgIpc) is 2.49. The molecule has 1 aromatic heterocycles. The normalized spacial score (nSPS) is 9.95. The smallest absolute Gasteiger partial charge is 0.171 e. The molecule has 0 saturated carbocycles. The summed E-state index contributed by atoms with van der Waals surface area (Å²) >= 11 is 0. The van der Waals surface area contributed by atoms with Gasteiger partial charge in [0.05, 0.1) is 0 Å². The molecule has 0 aliphatic carbocycles. The summed E-state index contributed by atoms with van der Waals surface area (Å²) in [5.74, 6) is -1.08. The molecule has 0 aromatic carbocycles. The summed E-state index contributed by atoms with van der Waals surface area (Å²) in [6, 6.07) is 4.38. The molecule has 0 bridgehead atoms. The first kappa shape index (κ1) is 20.6. The summed E-state index contributed by atoms with van der Waals surface area (Å²) in [4.78, 5) is 8.89. The highest BCUT2D eigenvalue weighted by molar-refractivity contribution is 5.60. The number of carbonyl (C=O) groups is 1. The number of hydrogen-bond acceptors (Lipinski definition) is 2. The molecule has 0 aliphatic rings. The fourth-order valence-electron chi connectivity index (χ4n) is 2.35. The first-order valence-electron chi connectivity index (χ1n) is 8.75. The zero-order chi connectivity index (χ0) is 16.6. The highest BCUT2D eigenvalue weighted by atomic mass is 16.4. The SMILES string of the molecule is CC(=O)[O-].CCCCCCCCCC[n+]1cccc(CC)c1. The largest absolute Gasteiger partial charge is 0.550 e. The summed E-state index contributed by atoms with van der Waals surface area (Å²) in [5.41, 5.74) is 1.44. The van der Waals surface area contributed by atoms with Crippen molar-refractivity contribution in [2.45, 2.75) is 85.1 Å². The van der Waals surface area contributed by atoms with Crippen LogP contribution in [0.2, 0.25) is 0 Å². The van der Waals surface area contributed by atoms with Crippen LogP contribution in [-0.2, 0) is 17.8 Å². The van der Waals surface area contributed by atoms with Crippen molar-refractivity contribution in [1.29, 1.82) is 0 Å². The second-order valence-electron chi connectivity index (χ2n) is 5.77. The van der Waals surface area contributed by atoms with Crippen LogP contribution in [0.15, 0.2) is 24.5 Å². The molecular weight excluding hydrogens is 274 g/mol. The molecule has 1 heterocycles. The maximum atomic E-state index is 8.89. The zero-order valence-corrected chi connectivity index (χ0v) is 14.6. The van der Waals surface area contributed by atoms with Crippen LogP contribution in [0.3, 0.4) is 0 Å². The van der Waals surface area contributed by atoms with Gasteiger partial charge < -0.3 is 9.90 Å². The van der Waals surface area contributed by atoms with Gasteiger partial charge in [0.2, 0.25) is 0 Å². The van der Waals surface area contributed by atoms with Gasteiger partial charge >= 0.3 is 0 Å². The molecule has 22 heavy (non-hydrogen) atoms.